The molecule has 3 aromatic rings. The van der Waals surface area contributed by atoms with Crippen LogP contribution in [0.2, 0.25) is 0 Å². The molecular weight excluding hydrogens is 339 g/mol. The number of halogens is 1. The maximum atomic E-state index is 13.8. The molecule has 3 N–H and O–H groups in total. The molecule has 0 aliphatic heterocycles. The van der Waals surface area contributed by atoms with Crippen molar-refractivity contribution >= 4 is 11.7 Å². The molecule has 0 saturated carbocycles. The summed E-state index contributed by atoms with van der Waals surface area (Å²) in [6.07, 6.45) is 4.71. The Hall–Kier alpha value is -3.36. The van der Waals surface area contributed by atoms with Gasteiger partial charge < -0.3 is 15.5 Å². The summed E-state index contributed by atoms with van der Waals surface area (Å²) in [5, 5.41) is 2.65. The number of hydrogen-bond acceptors (Lipinski definition) is 7. The minimum atomic E-state index is -0.523. The number of oxazole rings is 1. The zero-order valence-corrected chi connectivity index (χ0v) is 14.3. The van der Waals surface area contributed by atoms with Crippen LogP contribution in [0.4, 0.5) is 10.2 Å². The summed E-state index contributed by atoms with van der Waals surface area (Å²) in [6, 6.07) is 1.29. The molecular formula is C17H17FN6O2. The van der Waals surface area contributed by atoms with Crippen molar-refractivity contribution in [2.75, 3.05) is 5.73 Å². The minimum Gasteiger partial charge on any atom is -0.443 e. The van der Waals surface area contributed by atoms with Crippen LogP contribution in [-0.4, -0.2) is 25.8 Å². The molecule has 0 bridgehead atoms. The van der Waals surface area contributed by atoms with E-state index in [4.69, 9.17) is 10.2 Å². The summed E-state index contributed by atoms with van der Waals surface area (Å²) in [5.41, 5.74) is 7.58. The number of anilines is 1. The van der Waals surface area contributed by atoms with Crippen LogP contribution in [0, 0.1) is 12.7 Å². The lowest BCUT2D eigenvalue weighted by Gasteiger charge is -2.11. The van der Waals surface area contributed by atoms with E-state index in [9.17, 15) is 9.18 Å². The van der Waals surface area contributed by atoms with Gasteiger partial charge in [-0.25, -0.2) is 19.3 Å². The van der Waals surface area contributed by atoms with Gasteiger partial charge >= 0.3 is 0 Å². The highest BCUT2D eigenvalue weighted by atomic mass is 19.1. The standard InChI is InChI=1S/C17H17FN6O2/c1-3-10-11(18)4-5-20-12(10)8-22-16(25)14-15(19)24-13(9(2)23-14)17-21-6-7-26-17/h4-7H,3,8H2,1-2H3,(H2,19,24)(H,22,25). The first kappa shape index (κ1) is 17.5. The lowest BCUT2D eigenvalue weighted by Crippen LogP contribution is -2.27. The van der Waals surface area contributed by atoms with Gasteiger partial charge in [0.1, 0.15) is 17.8 Å². The summed E-state index contributed by atoms with van der Waals surface area (Å²) in [7, 11) is 0. The molecule has 0 saturated heterocycles. The monoisotopic (exact) mass is 356 g/mol. The maximum Gasteiger partial charge on any atom is 0.274 e. The van der Waals surface area contributed by atoms with E-state index >= 15 is 0 Å². The smallest absolute Gasteiger partial charge is 0.274 e. The van der Waals surface area contributed by atoms with Crippen molar-refractivity contribution in [1.82, 2.24) is 25.3 Å². The Bertz CT molecular complexity index is 943. The van der Waals surface area contributed by atoms with Crippen molar-refractivity contribution in [3.8, 4) is 11.6 Å². The Kier molecular flexibility index (Phi) is 4.87. The Morgan fingerprint density at radius 2 is 2.12 bits per heavy atom. The zero-order valence-electron chi connectivity index (χ0n) is 14.3. The quantitative estimate of drug-likeness (QED) is 0.718. The zero-order chi connectivity index (χ0) is 18.7. The molecule has 3 aromatic heterocycles. The first-order valence-corrected chi connectivity index (χ1v) is 7.95. The second kappa shape index (κ2) is 7.26. The van der Waals surface area contributed by atoms with Gasteiger partial charge in [0.25, 0.3) is 5.91 Å². The SMILES string of the molecule is CCc1c(F)ccnc1CNC(=O)c1nc(C)c(-c2ncco2)nc1N. The molecule has 134 valence electrons. The first-order chi connectivity index (χ1) is 12.5. The van der Waals surface area contributed by atoms with E-state index in [1.165, 1.54) is 24.7 Å². The molecule has 3 rings (SSSR count). The van der Waals surface area contributed by atoms with Crippen LogP contribution in [-0.2, 0) is 13.0 Å². The number of aryl methyl sites for hydroxylation is 1. The van der Waals surface area contributed by atoms with Gasteiger partial charge in [0.15, 0.2) is 11.5 Å². The van der Waals surface area contributed by atoms with Crippen LogP contribution in [0.25, 0.3) is 11.6 Å². The Balaban J connectivity index is 1.81. The Morgan fingerprint density at radius 3 is 2.81 bits per heavy atom. The van der Waals surface area contributed by atoms with Crippen LogP contribution in [0.1, 0.15) is 34.4 Å². The van der Waals surface area contributed by atoms with Crippen molar-refractivity contribution in [2.24, 2.45) is 0 Å². The highest BCUT2D eigenvalue weighted by Gasteiger charge is 2.19. The van der Waals surface area contributed by atoms with Crippen LogP contribution in [0.3, 0.4) is 0 Å². The molecule has 3 heterocycles. The van der Waals surface area contributed by atoms with Crippen molar-refractivity contribution in [3.63, 3.8) is 0 Å². The molecule has 0 atom stereocenters. The predicted octanol–water partition coefficient (Wildman–Crippen LogP) is 2.05. The summed E-state index contributed by atoms with van der Waals surface area (Å²) in [5.74, 6) is -0.656. The summed E-state index contributed by atoms with van der Waals surface area (Å²) < 4.78 is 19.0. The largest absolute Gasteiger partial charge is 0.443 e. The second-order valence-corrected chi connectivity index (χ2v) is 5.48. The van der Waals surface area contributed by atoms with Gasteiger partial charge in [0.05, 0.1) is 24.1 Å². The van der Waals surface area contributed by atoms with Gasteiger partial charge in [-0.05, 0) is 19.4 Å². The van der Waals surface area contributed by atoms with E-state index in [1.807, 2.05) is 6.92 Å². The van der Waals surface area contributed by atoms with Gasteiger partial charge in [0.2, 0.25) is 5.89 Å². The number of carbonyl (C=O) groups is 1. The van der Waals surface area contributed by atoms with Gasteiger partial charge in [-0.2, -0.15) is 0 Å². The van der Waals surface area contributed by atoms with Crippen LogP contribution in [0.15, 0.2) is 29.1 Å². The normalized spacial score (nSPS) is 10.7. The van der Waals surface area contributed by atoms with E-state index in [0.717, 1.165) is 0 Å². The third kappa shape index (κ3) is 3.37. The van der Waals surface area contributed by atoms with Gasteiger partial charge in [-0.15, -0.1) is 0 Å². The molecule has 0 aliphatic carbocycles. The number of rotatable bonds is 5. The lowest BCUT2D eigenvalue weighted by molar-refractivity contribution is 0.0945. The fourth-order valence-electron chi connectivity index (χ4n) is 2.52. The number of aromatic nitrogens is 4. The molecule has 0 radical (unpaired) electrons. The number of hydrogen-bond donors (Lipinski definition) is 2. The van der Waals surface area contributed by atoms with E-state index in [2.05, 4.69) is 25.3 Å². The van der Waals surface area contributed by atoms with E-state index in [1.54, 1.807) is 6.92 Å². The fourth-order valence-corrected chi connectivity index (χ4v) is 2.52. The number of nitrogens with two attached hydrogens (primary N) is 1. The number of nitrogen functional groups attached to an aromatic ring is 1. The Labute approximate surface area is 148 Å². The number of pyridine rings is 1. The highest BCUT2D eigenvalue weighted by Crippen LogP contribution is 2.21. The van der Waals surface area contributed by atoms with Crippen molar-refractivity contribution in [3.05, 3.63) is 53.2 Å². The number of nitrogens with zero attached hydrogens (tertiary/aromatic N) is 4. The molecule has 0 fully saturated rings. The first-order valence-electron chi connectivity index (χ1n) is 7.95. The molecule has 0 spiro atoms. The van der Waals surface area contributed by atoms with E-state index in [0.29, 0.717) is 29.1 Å². The van der Waals surface area contributed by atoms with Crippen molar-refractivity contribution in [1.29, 1.82) is 0 Å². The topological polar surface area (TPSA) is 120 Å². The molecule has 8 nitrogen and oxygen atoms in total. The summed E-state index contributed by atoms with van der Waals surface area (Å²) in [6.45, 7) is 3.55. The molecule has 0 unspecified atom stereocenters. The second-order valence-electron chi connectivity index (χ2n) is 5.48. The average Bonchev–Trinajstić information content (AvgIpc) is 3.15. The summed E-state index contributed by atoms with van der Waals surface area (Å²) in [4.78, 5) is 28.9. The number of nitrogens with one attached hydrogen (secondary N) is 1. The number of amides is 1. The van der Waals surface area contributed by atoms with Crippen LogP contribution < -0.4 is 11.1 Å². The van der Waals surface area contributed by atoms with Gasteiger partial charge in [0, 0.05) is 11.8 Å². The third-order valence-corrected chi connectivity index (χ3v) is 3.80. The Morgan fingerprint density at radius 1 is 1.31 bits per heavy atom. The predicted molar refractivity (Wildman–Crippen MR) is 91.4 cm³/mol. The highest BCUT2D eigenvalue weighted by molar-refractivity contribution is 5.96. The minimum absolute atomic E-state index is 0.0211. The van der Waals surface area contributed by atoms with E-state index < -0.39 is 5.91 Å². The average molecular weight is 356 g/mol. The van der Waals surface area contributed by atoms with Crippen LogP contribution in [0.5, 0.6) is 0 Å². The molecule has 9 heteroatoms. The molecule has 1 amide bonds. The third-order valence-electron chi connectivity index (χ3n) is 3.80. The van der Waals surface area contributed by atoms with Gasteiger partial charge in [-0.1, -0.05) is 6.92 Å². The van der Waals surface area contributed by atoms with Crippen molar-refractivity contribution in [2.45, 2.75) is 26.8 Å². The van der Waals surface area contributed by atoms with Crippen molar-refractivity contribution < 1.29 is 13.6 Å². The summed E-state index contributed by atoms with van der Waals surface area (Å²) >= 11 is 0. The number of carbonyl (C=O) groups excluding carboxylic acids is 1. The van der Waals surface area contributed by atoms with Gasteiger partial charge in [-0.3, -0.25) is 9.78 Å². The van der Waals surface area contributed by atoms with E-state index in [-0.39, 0.29) is 29.8 Å². The molecule has 0 aromatic carbocycles. The van der Waals surface area contributed by atoms with Crippen LogP contribution >= 0.6 is 0 Å². The maximum absolute atomic E-state index is 13.8. The lowest BCUT2D eigenvalue weighted by atomic mass is 10.1. The fraction of sp³-hybridized carbons (Fsp3) is 0.235. The molecule has 0 aliphatic rings. The molecule has 26 heavy (non-hydrogen) atoms.